The largest absolute Gasteiger partial charge is 0.457 e. The van der Waals surface area contributed by atoms with Gasteiger partial charge in [0.15, 0.2) is 13.5 Å². The third-order valence-corrected chi connectivity index (χ3v) is 6.50. The van der Waals surface area contributed by atoms with Crippen molar-refractivity contribution in [3.8, 4) is 0 Å². The fourth-order valence-corrected chi connectivity index (χ4v) is 4.08. The number of esters is 2. The first-order valence-corrected chi connectivity index (χ1v) is 11.7. The van der Waals surface area contributed by atoms with Gasteiger partial charge in [-0.2, -0.15) is 0 Å². The van der Waals surface area contributed by atoms with Crippen LogP contribution < -0.4 is 0 Å². The summed E-state index contributed by atoms with van der Waals surface area (Å²) in [5, 5.41) is 0. The lowest BCUT2D eigenvalue weighted by molar-refractivity contribution is -0.161. The monoisotopic (exact) mass is 530 g/mol. The first-order chi connectivity index (χ1) is 18.2. The third-order valence-electron chi connectivity index (χ3n) is 6.50. The molecule has 0 unspecified atom stereocenters. The fourth-order valence-electron chi connectivity index (χ4n) is 4.08. The number of imide groups is 2. The van der Waals surface area contributed by atoms with Crippen molar-refractivity contribution in [2.24, 2.45) is 0 Å². The lowest BCUT2D eigenvalue weighted by atomic mass is 10.1. The number of rotatable bonds is 9. The second kappa shape index (κ2) is 11.4. The molecular formula is C24H26N4O10. The van der Waals surface area contributed by atoms with Crippen LogP contribution >= 0.6 is 0 Å². The predicted octanol–water partition coefficient (Wildman–Crippen LogP) is -0.0800. The van der Waals surface area contributed by atoms with Crippen LogP contribution in [0.3, 0.4) is 0 Å². The van der Waals surface area contributed by atoms with Gasteiger partial charge in [-0.3, -0.25) is 29.0 Å². The average Bonchev–Trinajstić information content (AvgIpc) is 3.61. The number of furan rings is 2. The van der Waals surface area contributed by atoms with Crippen LogP contribution in [0.4, 0.5) is 0 Å². The van der Waals surface area contributed by atoms with Crippen LogP contribution in [0.5, 0.6) is 0 Å². The highest BCUT2D eigenvalue weighted by atomic mass is 16.6. The van der Waals surface area contributed by atoms with Crippen LogP contribution in [-0.4, -0.2) is 107 Å². The average molecular weight is 530 g/mol. The lowest BCUT2D eigenvalue weighted by Crippen LogP contribution is -2.63. The van der Waals surface area contributed by atoms with Crippen LogP contribution in [0.15, 0.2) is 45.6 Å². The van der Waals surface area contributed by atoms with Gasteiger partial charge in [-0.05, 0) is 38.1 Å². The van der Waals surface area contributed by atoms with Gasteiger partial charge in [0.05, 0.1) is 38.7 Å². The van der Waals surface area contributed by atoms with Crippen LogP contribution in [-0.2, 0) is 28.7 Å². The van der Waals surface area contributed by atoms with E-state index in [1.807, 2.05) is 0 Å². The van der Waals surface area contributed by atoms with Crippen LogP contribution in [0, 0.1) is 0 Å². The third kappa shape index (κ3) is 5.81. The molecule has 2 fully saturated rings. The van der Waals surface area contributed by atoms with Gasteiger partial charge in [-0.1, -0.05) is 0 Å². The molecule has 0 spiro atoms. The van der Waals surface area contributed by atoms with Gasteiger partial charge in [0.2, 0.25) is 35.1 Å². The van der Waals surface area contributed by atoms with E-state index in [2.05, 4.69) is 0 Å². The topological polar surface area (TPSA) is 160 Å². The van der Waals surface area contributed by atoms with E-state index in [0.717, 1.165) is 9.80 Å². The maximum atomic E-state index is 12.6. The number of amides is 4. The van der Waals surface area contributed by atoms with Gasteiger partial charge >= 0.3 is 11.9 Å². The number of carbonyl (C=O) groups excluding carboxylic acids is 6. The Morgan fingerprint density at radius 3 is 1.34 bits per heavy atom. The summed E-state index contributed by atoms with van der Waals surface area (Å²) in [5.74, 6) is -3.92. The minimum absolute atomic E-state index is 0.0501. The molecule has 2 aromatic rings. The van der Waals surface area contributed by atoms with Gasteiger partial charge in [0.25, 0.3) is 0 Å². The molecular weight excluding hydrogens is 504 g/mol. The quantitative estimate of drug-likeness (QED) is 0.314. The summed E-state index contributed by atoms with van der Waals surface area (Å²) >= 11 is 0. The van der Waals surface area contributed by atoms with Crippen molar-refractivity contribution in [3.05, 3.63) is 48.3 Å². The standard InChI is InChI=1S/C24H26N4O10/c1-15(25-9-19(29)27(20(30)10-25)13-37-23(33)17-5-3-7-35-17)16(2)26-11-21(31)28(22(32)12-26)14-38-24(34)18-6-4-8-36-18/h3-8,15-16H,9-14H2,1-2H3/t15-,16+. The molecule has 38 heavy (non-hydrogen) atoms. The van der Waals surface area contributed by atoms with Crippen molar-refractivity contribution < 1.29 is 47.1 Å². The van der Waals surface area contributed by atoms with Crippen molar-refractivity contribution in [1.29, 1.82) is 0 Å². The molecule has 2 aliphatic rings. The number of nitrogens with zero attached hydrogens (tertiary/aromatic N) is 4. The van der Waals surface area contributed by atoms with Crippen LogP contribution in [0.1, 0.15) is 35.0 Å². The molecule has 14 heteroatoms. The molecule has 0 aliphatic carbocycles. The summed E-state index contributed by atoms with van der Waals surface area (Å²) < 4.78 is 19.9. The molecule has 2 saturated heterocycles. The maximum absolute atomic E-state index is 12.6. The predicted molar refractivity (Wildman–Crippen MR) is 124 cm³/mol. The van der Waals surface area contributed by atoms with Crippen LogP contribution in [0.2, 0.25) is 0 Å². The zero-order valence-corrected chi connectivity index (χ0v) is 20.7. The molecule has 4 amide bonds. The molecule has 2 atom stereocenters. The molecule has 0 bridgehead atoms. The Morgan fingerprint density at radius 1 is 0.711 bits per heavy atom. The number of hydrogen-bond acceptors (Lipinski definition) is 12. The van der Waals surface area contributed by atoms with Crippen molar-refractivity contribution in [1.82, 2.24) is 19.6 Å². The van der Waals surface area contributed by atoms with Crippen LogP contribution in [0.25, 0.3) is 0 Å². The lowest BCUT2D eigenvalue weighted by Gasteiger charge is -2.43. The fraction of sp³-hybridized carbons (Fsp3) is 0.417. The molecule has 0 aromatic carbocycles. The minimum atomic E-state index is -0.802. The Labute approximate surface area is 216 Å². The Morgan fingerprint density at radius 2 is 1.05 bits per heavy atom. The Bertz CT molecular complexity index is 1080. The van der Waals surface area contributed by atoms with Crippen molar-refractivity contribution in [3.63, 3.8) is 0 Å². The SMILES string of the molecule is C[C@H]([C@H](C)N1CC(=O)N(COC(=O)c2ccco2)C(=O)C1)N1CC(=O)N(COC(=O)c2ccco2)C(=O)C1. The summed E-state index contributed by atoms with van der Waals surface area (Å²) in [7, 11) is 0. The molecule has 2 aromatic heterocycles. The normalized spacial score (nSPS) is 19.0. The van der Waals surface area contributed by atoms with E-state index in [1.54, 1.807) is 23.6 Å². The molecule has 0 N–H and O–H groups in total. The summed E-state index contributed by atoms with van der Waals surface area (Å²) in [4.78, 5) is 79.4. The Hall–Kier alpha value is -4.30. The molecule has 4 rings (SSSR count). The zero-order chi connectivity index (χ0) is 27.4. The van der Waals surface area contributed by atoms with Crippen molar-refractivity contribution in [2.75, 3.05) is 39.6 Å². The second-order valence-electron chi connectivity index (χ2n) is 8.80. The van der Waals surface area contributed by atoms with E-state index in [9.17, 15) is 28.8 Å². The van der Waals surface area contributed by atoms with Gasteiger partial charge in [0.1, 0.15) is 0 Å². The molecule has 14 nitrogen and oxygen atoms in total. The van der Waals surface area contributed by atoms with E-state index in [4.69, 9.17) is 18.3 Å². The highest BCUT2D eigenvalue weighted by molar-refractivity contribution is 6.00. The van der Waals surface area contributed by atoms with Crippen molar-refractivity contribution in [2.45, 2.75) is 25.9 Å². The van der Waals surface area contributed by atoms with E-state index in [-0.39, 0.29) is 49.8 Å². The summed E-state index contributed by atoms with van der Waals surface area (Å²) in [6, 6.07) is 5.03. The van der Waals surface area contributed by atoms with E-state index < -0.39 is 49.0 Å². The summed E-state index contributed by atoms with van der Waals surface area (Å²) in [6.45, 7) is 1.99. The van der Waals surface area contributed by atoms with E-state index >= 15 is 0 Å². The summed E-state index contributed by atoms with van der Waals surface area (Å²) in [5.41, 5.74) is 0. The molecule has 202 valence electrons. The van der Waals surface area contributed by atoms with Crippen molar-refractivity contribution >= 4 is 35.6 Å². The smallest absolute Gasteiger partial charge is 0.375 e. The highest BCUT2D eigenvalue weighted by Gasteiger charge is 2.40. The minimum Gasteiger partial charge on any atom is -0.457 e. The van der Waals surface area contributed by atoms with Gasteiger partial charge in [0, 0.05) is 12.1 Å². The first kappa shape index (κ1) is 26.8. The second-order valence-corrected chi connectivity index (χ2v) is 8.80. The molecule has 0 radical (unpaired) electrons. The number of hydrogen-bond donors (Lipinski definition) is 0. The van der Waals surface area contributed by atoms with Gasteiger partial charge in [-0.15, -0.1) is 0 Å². The number of piperazine rings is 2. The van der Waals surface area contributed by atoms with E-state index in [0.29, 0.717) is 0 Å². The van der Waals surface area contributed by atoms with Gasteiger partial charge < -0.3 is 18.3 Å². The Balaban J connectivity index is 1.28. The molecule has 4 heterocycles. The van der Waals surface area contributed by atoms with Gasteiger partial charge in [-0.25, -0.2) is 19.4 Å². The summed E-state index contributed by atoms with van der Waals surface area (Å²) in [6.07, 6.45) is 2.60. The molecule has 2 aliphatic heterocycles. The van der Waals surface area contributed by atoms with E-state index in [1.165, 1.54) is 36.8 Å². The Kier molecular flexibility index (Phi) is 8.02. The first-order valence-electron chi connectivity index (χ1n) is 11.7. The maximum Gasteiger partial charge on any atom is 0.375 e. The highest BCUT2D eigenvalue weighted by Crippen LogP contribution is 2.18. The zero-order valence-electron chi connectivity index (χ0n) is 20.7. The molecule has 0 saturated carbocycles. The number of ether oxygens (including phenoxy) is 2. The number of carbonyl (C=O) groups is 6.